The fourth-order valence-corrected chi connectivity index (χ4v) is 2.10. The predicted octanol–water partition coefficient (Wildman–Crippen LogP) is 1.13. The Balaban J connectivity index is 1.82. The first-order valence-corrected chi connectivity index (χ1v) is 5.94. The van der Waals surface area contributed by atoms with E-state index in [1.54, 1.807) is 5.01 Å². The standard InChI is InChI=1S/C13H18N4/c1-15(12-14)17-9-7-16(8-10-17)11-13-5-3-2-4-6-13/h2-6H,7-11H2,1H3. The molecule has 4 nitrogen and oxygen atoms in total. The Morgan fingerprint density at radius 1 is 1.18 bits per heavy atom. The van der Waals surface area contributed by atoms with Crippen molar-refractivity contribution in [2.45, 2.75) is 6.54 Å². The molecule has 1 saturated heterocycles. The highest BCUT2D eigenvalue weighted by molar-refractivity contribution is 5.14. The molecule has 1 fully saturated rings. The predicted molar refractivity (Wildman–Crippen MR) is 66.7 cm³/mol. The second kappa shape index (κ2) is 5.67. The van der Waals surface area contributed by atoms with Gasteiger partial charge in [0.05, 0.1) is 0 Å². The molecule has 0 N–H and O–H groups in total. The van der Waals surface area contributed by atoms with E-state index in [0.29, 0.717) is 0 Å². The first-order chi connectivity index (χ1) is 8.29. The average molecular weight is 230 g/mol. The van der Waals surface area contributed by atoms with Crippen LogP contribution in [0.4, 0.5) is 0 Å². The number of hydrogen-bond acceptors (Lipinski definition) is 4. The first kappa shape index (κ1) is 11.9. The molecule has 2 rings (SSSR count). The minimum absolute atomic E-state index is 0.927. The van der Waals surface area contributed by atoms with E-state index in [2.05, 4.69) is 40.4 Å². The fourth-order valence-electron chi connectivity index (χ4n) is 2.10. The van der Waals surface area contributed by atoms with Gasteiger partial charge < -0.3 is 0 Å². The lowest BCUT2D eigenvalue weighted by Crippen LogP contribution is -2.50. The summed E-state index contributed by atoms with van der Waals surface area (Å²) in [5, 5.41) is 12.5. The molecule has 0 unspecified atom stereocenters. The molecule has 0 aliphatic carbocycles. The molecule has 0 atom stereocenters. The van der Waals surface area contributed by atoms with Crippen LogP contribution in [0.1, 0.15) is 5.56 Å². The number of hydrogen-bond donors (Lipinski definition) is 0. The molecule has 1 aliphatic rings. The van der Waals surface area contributed by atoms with Crippen molar-refractivity contribution < 1.29 is 0 Å². The summed E-state index contributed by atoms with van der Waals surface area (Å²) in [6.45, 7) is 4.89. The minimum Gasteiger partial charge on any atom is -0.296 e. The minimum atomic E-state index is 0.927. The van der Waals surface area contributed by atoms with E-state index >= 15 is 0 Å². The maximum absolute atomic E-state index is 8.81. The maximum Gasteiger partial charge on any atom is 0.195 e. The van der Waals surface area contributed by atoms with Crippen LogP contribution in [0, 0.1) is 11.5 Å². The number of hydrazine groups is 1. The van der Waals surface area contributed by atoms with Crippen molar-refractivity contribution in [3.05, 3.63) is 35.9 Å². The zero-order valence-electron chi connectivity index (χ0n) is 10.2. The van der Waals surface area contributed by atoms with Gasteiger partial charge in [0.25, 0.3) is 0 Å². The van der Waals surface area contributed by atoms with Crippen molar-refractivity contribution in [2.24, 2.45) is 0 Å². The average Bonchev–Trinajstić information content (AvgIpc) is 2.40. The quantitative estimate of drug-likeness (QED) is 0.576. The molecular formula is C13H18N4. The van der Waals surface area contributed by atoms with Crippen molar-refractivity contribution in [2.75, 3.05) is 33.2 Å². The highest BCUT2D eigenvalue weighted by atomic mass is 15.6. The van der Waals surface area contributed by atoms with Crippen molar-refractivity contribution >= 4 is 0 Å². The third-order valence-electron chi connectivity index (χ3n) is 3.17. The first-order valence-electron chi connectivity index (χ1n) is 5.94. The molecule has 1 heterocycles. The van der Waals surface area contributed by atoms with Crippen LogP contribution in [-0.2, 0) is 6.54 Å². The fraction of sp³-hybridized carbons (Fsp3) is 0.462. The smallest absolute Gasteiger partial charge is 0.195 e. The number of rotatable bonds is 3. The van der Waals surface area contributed by atoms with Crippen LogP contribution in [0.25, 0.3) is 0 Å². The molecule has 90 valence electrons. The lowest BCUT2D eigenvalue weighted by Gasteiger charge is -2.36. The molecular weight excluding hydrogens is 212 g/mol. The molecule has 0 bridgehead atoms. The molecule has 0 radical (unpaired) electrons. The van der Waals surface area contributed by atoms with Gasteiger partial charge in [0, 0.05) is 39.8 Å². The zero-order chi connectivity index (χ0) is 12.1. The van der Waals surface area contributed by atoms with Gasteiger partial charge in [-0.1, -0.05) is 30.3 Å². The van der Waals surface area contributed by atoms with Crippen LogP contribution in [-0.4, -0.2) is 48.1 Å². The summed E-state index contributed by atoms with van der Waals surface area (Å²) in [6.07, 6.45) is 2.14. The number of nitriles is 1. The third-order valence-corrected chi connectivity index (χ3v) is 3.17. The summed E-state index contributed by atoms with van der Waals surface area (Å²) < 4.78 is 0. The van der Waals surface area contributed by atoms with Crippen molar-refractivity contribution in [1.82, 2.24) is 14.9 Å². The highest BCUT2D eigenvalue weighted by Crippen LogP contribution is 2.08. The largest absolute Gasteiger partial charge is 0.296 e. The Labute approximate surface area is 103 Å². The normalized spacial score (nSPS) is 17.6. The monoisotopic (exact) mass is 230 g/mol. The Morgan fingerprint density at radius 3 is 2.41 bits per heavy atom. The number of piperazine rings is 1. The van der Waals surface area contributed by atoms with E-state index in [-0.39, 0.29) is 0 Å². The van der Waals surface area contributed by atoms with Gasteiger partial charge in [0.2, 0.25) is 0 Å². The molecule has 0 spiro atoms. The van der Waals surface area contributed by atoms with Gasteiger partial charge in [-0.05, 0) is 5.56 Å². The zero-order valence-corrected chi connectivity index (χ0v) is 10.2. The molecule has 1 aromatic carbocycles. The van der Waals surface area contributed by atoms with E-state index in [4.69, 9.17) is 5.26 Å². The lowest BCUT2D eigenvalue weighted by atomic mass is 10.2. The molecule has 0 amide bonds. The Kier molecular flexibility index (Phi) is 3.97. The molecule has 17 heavy (non-hydrogen) atoms. The summed E-state index contributed by atoms with van der Waals surface area (Å²) in [5.74, 6) is 0. The van der Waals surface area contributed by atoms with Crippen LogP contribution >= 0.6 is 0 Å². The molecule has 4 heteroatoms. The van der Waals surface area contributed by atoms with Crippen molar-refractivity contribution in [1.29, 1.82) is 5.26 Å². The third kappa shape index (κ3) is 3.19. The Morgan fingerprint density at radius 2 is 1.82 bits per heavy atom. The van der Waals surface area contributed by atoms with Gasteiger partial charge in [0.15, 0.2) is 6.19 Å². The topological polar surface area (TPSA) is 33.5 Å². The summed E-state index contributed by atoms with van der Waals surface area (Å²) in [5.41, 5.74) is 1.36. The molecule has 0 aromatic heterocycles. The van der Waals surface area contributed by atoms with Gasteiger partial charge in [0.1, 0.15) is 0 Å². The molecule has 1 aromatic rings. The summed E-state index contributed by atoms with van der Waals surface area (Å²) in [6, 6.07) is 10.5. The lowest BCUT2D eigenvalue weighted by molar-refractivity contribution is 0.00154. The second-order valence-corrected chi connectivity index (χ2v) is 4.34. The number of nitrogens with zero attached hydrogens (tertiary/aromatic N) is 4. The molecule has 1 aliphatic heterocycles. The highest BCUT2D eigenvalue weighted by Gasteiger charge is 2.19. The van der Waals surface area contributed by atoms with Crippen LogP contribution in [0.2, 0.25) is 0 Å². The van der Waals surface area contributed by atoms with Crippen LogP contribution in [0.15, 0.2) is 30.3 Å². The van der Waals surface area contributed by atoms with Gasteiger partial charge in [-0.25, -0.2) is 10.0 Å². The van der Waals surface area contributed by atoms with E-state index in [0.717, 1.165) is 32.7 Å². The maximum atomic E-state index is 8.81. The van der Waals surface area contributed by atoms with Gasteiger partial charge in [-0.15, -0.1) is 0 Å². The van der Waals surface area contributed by atoms with Crippen molar-refractivity contribution in [3.63, 3.8) is 0 Å². The van der Waals surface area contributed by atoms with Gasteiger partial charge in [-0.3, -0.25) is 4.90 Å². The number of benzene rings is 1. The summed E-state index contributed by atoms with van der Waals surface area (Å²) in [4.78, 5) is 2.43. The summed E-state index contributed by atoms with van der Waals surface area (Å²) in [7, 11) is 1.81. The summed E-state index contributed by atoms with van der Waals surface area (Å²) >= 11 is 0. The Hall–Kier alpha value is -1.57. The van der Waals surface area contributed by atoms with Crippen LogP contribution in [0.5, 0.6) is 0 Å². The molecule has 0 saturated carbocycles. The van der Waals surface area contributed by atoms with Crippen molar-refractivity contribution in [3.8, 4) is 6.19 Å². The van der Waals surface area contributed by atoms with E-state index in [9.17, 15) is 0 Å². The SMILES string of the molecule is CN(C#N)N1CCN(Cc2ccccc2)CC1. The van der Waals surface area contributed by atoms with E-state index < -0.39 is 0 Å². The van der Waals surface area contributed by atoms with E-state index in [1.165, 1.54) is 5.56 Å². The second-order valence-electron chi connectivity index (χ2n) is 4.34. The van der Waals surface area contributed by atoms with Gasteiger partial charge in [-0.2, -0.15) is 5.26 Å². The van der Waals surface area contributed by atoms with Crippen LogP contribution < -0.4 is 0 Å². The van der Waals surface area contributed by atoms with Crippen LogP contribution in [0.3, 0.4) is 0 Å². The van der Waals surface area contributed by atoms with E-state index in [1.807, 2.05) is 13.1 Å². The van der Waals surface area contributed by atoms with Gasteiger partial charge >= 0.3 is 0 Å². The Bertz CT molecular complexity index is 376.